The third-order valence-corrected chi connectivity index (χ3v) is 7.63. The van der Waals surface area contributed by atoms with Gasteiger partial charge in [0.2, 0.25) is 11.5 Å². The average molecular weight is 563 g/mol. The number of benzene rings is 4. The summed E-state index contributed by atoms with van der Waals surface area (Å²) >= 11 is 0. The average Bonchev–Trinajstić information content (AvgIpc) is 2.96. The van der Waals surface area contributed by atoms with Crippen LogP contribution in [0.3, 0.4) is 0 Å². The van der Waals surface area contributed by atoms with Crippen molar-refractivity contribution in [3.05, 3.63) is 94.5 Å². The predicted octanol–water partition coefficient (Wildman–Crippen LogP) is 3.07. The molecule has 2 heterocycles. The van der Waals surface area contributed by atoms with E-state index in [2.05, 4.69) is 0 Å². The van der Waals surface area contributed by atoms with Crippen LogP contribution in [-0.2, 0) is 0 Å². The Morgan fingerprint density at radius 1 is 0.488 bits per heavy atom. The summed E-state index contributed by atoms with van der Waals surface area (Å²) in [6.07, 6.45) is -6.87. The minimum absolute atomic E-state index is 0.0228. The highest BCUT2D eigenvalue weighted by Crippen LogP contribution is 2.57. The Kier molecular flexibility index (Phi) is 6.22. The van der Waals surface area contributed by atoms with Crippen molar-refractivity contribution >= 4 is 0 Å². The van der Waals surface area contributed by atoms with E-state index < -0.39 is 59.4 Å². The molecule has 0 fully saturated rings. The lowest BCUT2D eigenvalue weighted by molar-refractivity contribution is -0.0711. The number of rotatable bonds is 3. The molecule has 11 heteroatoms. The highest BCUT2D eigenvalue weighted by Gasteiger charge is 2.45. The van der Waals surface area contributed by atoms with E-state index in [1.54, 1.807) is 0 Å². The summed E-state index contributed by atoms with van der Waals surface area (Å²) in [5.74, 6) is -4.25. The van der Waals surface area contributed by atoms with Gasteiger partial charge in [0, 0.05) is 22.6 Å². The Bertz CT molecular complexity index is 1620. The van der Waals surface area contributed by atoms with Crippen molar-refractivity contribution in [3.8, 4) is 46.0 Å². The van der Waals surface area contributed by atoms with Crippen molar-refractivity contribution in [1.29, 1.82) is 0 Å². The third-order valence-electron chi connectivity index (χ3n) is 7.63. The predicted molar refractivity (Wildman–Crippen MR) is 141 cm³/mol. The van der Waals surface area contributed by atoms with Gasteiger partial charge in [-0.05, 0) is 47.5 Å². The first-order chi connectivity index (χ1) is 19.6. The number of hydrogen-bond donors (Lipinski definition) is 9. The first-order valence-electron chi connectivity index (χ1n) is 12.7. The maximum atomic E-state index is 11.6. The van der Waals surface area contributed by atoms with Crippen LogP contribution in [0.5, 0.6) is 46.0 Å². The van der Waals surface area contributed by atoms with Crippen LogP contribution in [0.4, 0.5) is 0 Å². The van der Waals surface area contributed by atoms with Crippen molar-refractivity contribution in [2.45, 2.75) is 36.4 Å². The van der Waals surface area contributed by atoms with E-state index in [1.807, 2.05) is 0 Å². The Balaban J connectivity index is 1.49. The highest BCUT2D eigenvalue weighted by molar-refractivity contribution is 5.65. The number of aromatic hydroxyl groups is 6. The first kappa shape index (κ1) is 26.4. The van der Waals surface area contributed by atoms with Crippen LogP contribution >= 0.6 is 0 Å². The molecule has 0 radical (unpaired) electrons. The molecule has 0 amide bonds. The van der Waals surface area contributed by atoms with E-state index in [-0.39, 0.29) is 39.7 Å². The molecule has 6 rings (SSSR count). The van der Waals surface area contributed by atoms with Gasteiger partial charge in [-0.2, -0.15) is 0 Å². The SMILES string of the molecule is Oc1ccc([C@H]2Oc3c(cc([C@H]4c5ccc(O)c(O)c5O[C@@H](c5ccc(O)cc5)[C@@H]4O)c(O)c3O)[C@@H](O)[C@H]2O)cc1. The molecule has 11 nitrogen and oxygen atoms in total. The van der Waals surface area contributed by atoms with Crippen LogP contribution in [0.25, 0.3) is 0 Å². The number of fused-ring (bicyclic) bond motifs is 2. The fraction of sp³-hybridized carbons (Fsp3) is 0.200. The van der Waals surface area contributed by atoms with Crippen molar-refractivity contribution in [3.63, 3.8) is 0 Å². The van der Waals surface area contributed by atoms with Gasteiger partial charge in [0.25, 0.3) is 0 Å². The number of phenolic OH excluding ortho intramolecular Hbond substituents is 6. The standard InChI is InChI=1S/C30H26O11/c31-14-5-1-12(2-6-14)27-24(37)20(16-9-10-19(33)23(36)29(16)40-27)17-11-18-22(35)25(38)28(13-3-7-15(32)8-4-13)41-30(18)26(39)21(17)34/h1-11,20,22,24-25,27-28,31-39H/t20-,22-,24-,25-,27+,28-/m1/s1. The molecule has 0 saturated carbocycles. The summed E-state index contributed by atoms with van der Waals surface area (Å²) in [5.41, 5.74) is 0.799. The topological polar surface area (TPSA) is 201 Å². The molecule has 212 valence electrons. The molecule has 0 aromatic heterocycles. The van der Waals surface area contributed by atoms with Gasteiger partial charge in [0.15, 0.2) is 35.2 Å². The molecule has 6 atom stereocenters. The molecule has 0 unspecified atom stereocenters. The van der Waals surface area contributed by atoms with Gasteiger partial charge in [-0.3, -0.25) is 0 Å². The molecule has 41 heavy (non-hydrogen) atoms. The van der Waals surface area contributed by atoms with E-state index in [0.29, 0.717) is 11.1 Å². The van der Waals surface area contributed by atoms with Crippen LogP contribution in [0.2, 0.25) is 0 Å². The summed E-state index contributed by atoms with van der Waals surface area (Å²) in [4.78, 5) is 0. The summed E-state index contributed by atoms with van der Waals surface area (Å²) in [7, 11) is 0. The van der Waals surface area contributed by atoms with Gasteiger partial charge in [0.05, 0.1) is 0 Å². The van der Waals surface area contributed by atoms with Gasteiger partial charge in [0.1, 0.15) is 29.8 Å². The maximum absolute atomic E-state index is 11.6. The minimum Gasteiger partial charge on any atom is -0.508 e. The van der Waals surface area contributed by atoms with Crippen LogP contribution in [-0.4, -0.2) is 58.2 Å². The number of hydrogen-bond acceptors (Lipinski definition) is 11. The van der Waals surface area contributed by atoms with Crippen LogP contribution < -0.4 is 9.47 Å². The largest absolute Gasteiger partial charge is 0.508 e. The number of ether oxygens (including phenoxy) is 2. The summed E-state index contributed by atoms with van der Waals surface area (Å²) in [6.45, 7) is 0. The van der Waals surface area contributed by atoms with E-state index >= 15 is 0 Å². The fourth-order valence-corrected chi connectivity index (χ4v) is 5.52. The molecule has 0 bridgehead atoms. The van der Waals surface area contributed by atoms with E-state index in [0.717, 1.165) is 0 Å². The zero-order valence-corrected chi connectivity index (χ0v) is 21.2. The van der Waals surface area contributed by atoms with Gasteiger partial charge < -0.3 is 55.4 Å². The molecular weight excluding hydrogens is 536 g/mol. The Hall–Kier alpha value is -4.84. The molecule has 4 aromatic rings. The number of phenols is 6. The molecule has 0 spiro atoms. The summed E-state index contributed by atoms with van der Waals surface area (Å²) in [6, 6.07) is 15.3. The lowest BCUT2D eigenvalue weighted by atomic mass is 9.78. The van der Waals surface area contributed by atoms with E-state index in [4.69, 9.17) is 9.47 Å². The van der Waals surface area contributed by atoms with E-state index in [1.165, 1.54) is 66.7 Å². The zero-order valence-electron chi connectivity index (χ0n) is 21.2. The van der Waals surface area contributed by atoms with Crippen molar-refractivity contribution in [2.24, 2.45) is 0 Å². The van der Waals surface area contributed by atoms with Gasteiger partial charge in [-0.1, -0.05) is 30.3 Å². The quantitative estimate of drug-likeness (QED) is 0.166. The van der Waals surface area contributed by atoms with Crippen molar-refractivity contribution < 1.29 is 55.4 Å². The first-order valence-corrected chi connectivity index (χ1v) is 12.7. The fourth-order valence-electron chi connectivity index (χ4n) is 5.52. The normalized spacial score (nSPS) is 25.0. The maximum Gasteiger partial charge on any atom is 0.201 e. The molecule has 2 aliphatic rings. The second kappa shape index (κ2) is 9.66. The summed E-state index contributed by atoms with van der Waals surface area (Å²) in [5, 5.41) is 96.0. The number of aliphatic hydroxyl groups excluding tert-OH is 3. The molecule has 2 aliphatic heterocycles. The monoisotopic (exact) mass is 562 g/mol. The second-order valence-electron chi connectivity index (χ2n) is 10.1. The van der Waals surface area contributed by atoms with E-state index in [9.17, 15) is 46.0 Å². The van der Waals surface area contributed by atoms with Gasteiger partial charge in [-0.25, -0.2) is 0 Å². The summed E-state index contributed by atoms with van der Waals surface area (Å²) < 4.78 is 11.7. The Morgan fingerprint density at radius 2 is 1.00 bits per heavy atom. The molecule has 0 aliphatic carbocycles. The van der Waals surface area contributed by atoms with Crippen LogP contribution in [0.15, 0.2) is 66.7 Å². The molecule has 9 N–H and O–H groups in total. The number of aliphatic hydroxyl groups is 3. The molecule has 4 aromatic carbocycles. The van der Waals surface area contributed by atoms with Crippen molar-refractivity contribution in [1.82, 2.24) is 0 Å². The lowest BCUT2D eigenvalue weighted by Crippen LogP contribution is -2.36. The Labute approximate surface area is 232 Å². The molecular formula is C30H26O11. The third kappa shape index (κ3) is 4.18. The van der Waals surface area contributed by atoms with Crippen LogP contribution in [0, 0.1) is 0 Å². The smallest absolute Gasteiger partial charge is 0.201 e. The van der Waals surface area contributed by atoms with Crippen LogP contribution in [0.1, 0.15) is 52.0 Å². The zero-order chi connectivity index (χ0) is 29.2. The Morgan fingerprint density at radius 3 is 1.56 bits per heavy atom. The lowest BCUT2D eigenvalue weighted by Gasteiger charge is -2.39. The van der Waals surface area contributed by atoms with Gasteiger partial charge >= 0.3 is 0 Å². The highest BCUT2D eigenvalue weighted by atomic mass is 16.5. The molecule has 0 saturated heterocycles. The van der Waals surface area contributed by atoms with Gasteiger partial charge in [-0.15, -0.1) is 0 Å². The van der Waals surface area contributed by atoms with Crippen molar-refractivity contribution in [2.75, 3.05) is 0 Å². The minimum atomic E-state index is -1.60. The second-order valence-corrected chi connectivity index (χ2v) is 10.1.